The zero-order valence-electron chi connectivity index (χ0n) is 18.9. The average Bonchev–Trinajstić information content (AvgIpc) is 2.82. The quantitative estimate of drug-likeness (QED) is 0.229. The third-order valence-electron chi connectivity index (χ3n) is 5.36. The molecule has 0 aliphatic heterocycles. The Hall–Kier alpha value is -4.66. The molecule has 0 atom stereocenters. The monoisotopic (exact) mass is 473 g/mol. The maximum absolute atomic E-state index is 13.3. The van der Waals surface area contributed by atoms with E-state index in [0.29, 0.717) is 22.7 Å². The highest BCUT2D eigenvalue weighted by atomic mass is 19.1. The minimum absolute atomic E-state index is 0.205. The fourth-order valence-electron chi connectivity index (χ4n) is 3.74. The van der Waals surface area contributed by atoms with Crippen molar-refractivity contribution in [2.24, 2.45) is 0 Å². The van der Waals surface area contributed by atoms with Crippen molar-refractivity contribution in [3.05, 3.63) is 99.4 Å². The fraction of sp³-hybridized carbons (Fsp3) is 0.115. The molecule has 0 spiro atoms. The lowest BCUT2D eigenvalue weighted by Gasteiger charge is -2.12. The molecule has 0 saturated heterocycles. The molecular formula is C26H20FN3O5. The maximum atomic E-state index is 13.3. The lowest BCUT2D eigenvalue weighted by Crippen LogP contribution is -2.21. The molecule has 1 aromatic heterocycles. The molecule has 9 heteroatoms. The molecule has 1 heterocycles. The maximum Gasteiger partial charge on any atom is 0.339 e. The molecule has 0 unspecified atom stereocenters. The Morgan fingerprint density at radius 3 is 2.57 bits per heavy atom. The van der Waals surface area contributed by atoms with Gasteiger partial charge in [-0.3, -0.25) is 14.9 Å². The van der Waals surface area contributed by atoms with Crippen LogP contribution in [0.3, 0.4) is 0 Å². The lowest BCUT2D eigenvalue weighted by molar-refractivity contribution is -0.384. The molecule has 0 aliphatic rings. The van der Waals surface area contributed by atoms with Gasteiger partial charge in [-0.05, 0) is 43.7 Å². The summed E-state index contributed by atoms with van der Waals surface area (Å²) in [5, 5.41) is 14.0. The normalized spacial score (nSPS) is 10.7. The van der Waals surface area contributed by atoms with Crippen molar-refractivity contribution < 1.29 is 23.6 Å². The number of aromatic nitrogens is 1. The van der Waals surface area contributed by atoms with Gasteiger partial charge in [0.15, 0.2) is 6.61 Å². The number of aryl methyl sites for hydroxylation is 2. The summed E-state index contributed by atoms with van der Waals surface area (Å²) in [6.45, 7) is 3.25. The molecule has 0 saturated carbocycles. The second kappa shape index (κ2) is 9.68. The number of nitro groups is 1. The van der Waals surface area contributed by atoms with Gasteiger partial charge in [-0.2, -0.15) is 0 Å². The summed E-state index contributed by atoms with van der Waals surface area (Å²) in [4.78, 5) is 40.3. The van der Waals surface area contributed by atoms with E-state index in [4.69, 9.17) is 4.74 Å². The summed E-state index contributed by atoms with van der Waals surface area (Å²) in [5.74, 6) is -2.37. The largest absolute Gasteiger partial charge is 0.452 e. The molecule has 3 aromatic carbocycles. The highest BCUT2D eigenvalue weighted by molar-refractivity contribution is 6.05. The van der Waals surface area contributed by atoms with Crippen LogP contribution >= 0.6 is 0 Å². The Labute approximate surface area is 199 Å². The van der Waals surface area contributed by atoms with Gasteiger partial charge in [-0.15, -0.1) is 0 Å². The highest BCUT2D eigenvalue weighted by Gasteiger charge is 2.20. The Bertz CT molecular complexity index is 1490. The number of hydrogen-bond acceptors (Lipinski definition) is 6. The zero-order valence-corrected chi connectivity index (χ0v) is 18.9. The van der Waals surface area contributed by atoms with E-state index < -0.39 is 34.9 Å². The molecular weight excluding hydrogens is 453 g/mol. The predicted molar refractivity (Wildman–Crippen MR) is 129 cm³/mol. The van der Waals surface area contributed by atoms with Crippen molar-refractivity contribution in [2.75, 3.05) is 11.9 Å². The number of halogens is 1. The second-order valence-electron chi connectivity index (χ2n) is 7.93. The van der Waals surface area contributed by atoms with Gasteiger partial charge in [0.05, 0.1) is 27.8 Å². The van der Waals surface area contributed by atoms with E-state index in [1.54, 1.807) is 30.3 Å². The summed E-state index contributed by atoms with van der Waals surface area (Å²) < 4.78 is 18.5. The Kier molecular flexibility index (Phi) is 6.50. The minimum Gasteiger partial charge on any atom is -0.452 e. The van der Waals surface area contributed by atoms with Crippen molar-refractivity contribution in [1.82, 2.24) is 4.98 Å². The first-order valence-corrected chi connectivity index (χ1v) is 10.6. The molecule has 1 amide bonds. The molecule has 8 nitrogen and oxygen atoms in total. The van der Waals surface area contributed by atoms with Crippen molar-refractivity contribution in [2.45, 2.75) is 13.8 Å². The average molecular weight is 473 g/mol. The van der Waals surface area contributed by atoms with Gasteiger partial charge < -0.3 is 10.1 Å². The number of anilines is 1. The number of nitrogens with one attached hydrogen (secondary N) is 1. The molecule has 4 rings (SSSR count). The number of nitro benzene ring substituents is 1. The number of ether oxygens (including phenoxy) is 1. The number of rotatable bonds is 6. The first kappa shape index (κ1) is 23.5. The van der Waals surface area contributed by atoms with E-state index in [-0.39, 0.29) is 11.3 Å². The van der Waals surface area contributed by atoms with Crippen LogP contribution in [0.25, 0.3) is 22.2 Å². The van der Waals surface area contributed by atoms with Gasteiger partial charge in [-0.25, -0.2) is 14.2 Å². The first-order valence-electron chi connectivity index (χ1n) is 10.6. The van der Waals surface area contributed by atoms with Crippen LogP contribution in [-0.4, -0.2) is 28.4 Å². The smallest absolute Gasteiger partial charge is 0.339 e. The number of pyridine rings is 1. The van der Waals surface area contributed by atoms with Crippen molar-refractivity contribution in [3.8, 4) is 11.3 Å². The van der Waals surface area contributed by atoms with E-state index >= 15 is 0 Å². The Balaban J connectivity index is 1.58. The number of para-hydroxylation sites is 1. The number of benzene rings is 3. The molecule has 0 radical (unpaired) electrons. The number of nitrogens with zero attached hydrogens (tertiary/aromatic N) is 2. The summed E-state index contributed by atoms with van der Waals surface area (Å²) in [7, 11) is 0. The van der Waals surface area contributed by atoms with Crippen LogP contribution in [0.5, 0.6) is 0 Å². The van der Waals surface area contributed by atoms with E-state index in [1.807, 2.05) is 32.0 Å². The van der Waals surface area contributed by atoms with Crippen LogP contribution in [-0.2, 0) is 9.53 Å². The van der Waals surface area contributed by atoms with E-state index in [0.717, 1.165) is 28.8 Å². The van der Waals surface area contributed by atoms with E-state index in [9.17, 15) is 24.1 Å². The van der Waals surface area contributed by atoms with E-state index in [1.165, 1.54) is 0 Å². The number of fused-ring (bicyclic) bond motifs is 1. The summed E-state index contributed by atoms with van der Waals surface area (Å²) >= 11 is 0. The Morgan fingerprint density at radius 1 is 1.06 bits per heavy atom. The van der Waals surface area contributed by atoms with Gasteiger partial charge in [0.25, 0.3) is 11.6 Å². The number of esters is 1. The predicted octanol–water partition coefficient (Wildman–Crippen LogP) is 5.36. The zero-order chi connectivity index (χ0) is 25.1. The second-order valence-corrected chi connectivity index (χ2v) is 7.93. The van der Waals surface area contributed by atoms with Crippen molar-refractivity contribution in [3.63, 3.8) is 0 Å². The van der Waals surface area contributed by atoms with E-state index in [2.05, 4.69) is 10.3 Å². The van der Waals surface area contributed by atoms with Crippen LogP contribution in [0.15, 0.2) is 66.7 Å². The van der Waals surface area contributed by atoms with Crippen molar-refractivity contribution in [1.29, 1.82) is 0 Å². The standard InChI is InChI=1S/C26H20FN3O5/c1-15-7-9-18(16(2)11-15)23-13-20(19-5-3-4-6-21(19)28-23)26(32)35-14-25(31)29-22-10-8-17(27)12-24(22)30(33)34/h3-13H,14H2,1-2H3,(H,29,31). The number of carbonyl (C=O) groups excluding carboxylic acids is 2. The van der Waals surface area contributed by atoms with Gasteiger partial charge >= 0.3 is 5.97 Å². The summed E-state index contributed by atoms with van der Waals surface area (Å²) in [6.07, 6.45) is 0. The molecule has 0 bridgehead atoms. The molecule has 4 aromatic rings. The number of hydrogen-bond donors (Lipinski definition) is 1. The summed E-state index contributed by atoms with van der Waals surface area (Å²) in [6, 6.07) is 17.3. The van der Waals surface area contributed by atoms with Gasteiger partial charge in [-0.1, -0.05) is 42.0 Å². The summed E-state index contributed by atoms with van der Waals surface area (Å²) in [5.41, 5.74) is 3.53. The fourth-order valence-corrected chi connectivity index (χ4v) is 3.74. The lowest BCUT2D eigenvalue weighted by atomic mass is 9.99. The number of amides is 1. The molecule has 176 valence electrons. The third-order valence-corrected chi connectivity index (χ3v) is 5.36. The van der Waals surface area contributed by atoms with Gasteiger partial charge in [0.1, 0.15) is 11.5 Å². The first-order chi connectivity index (χ1) is 16.7. The van der Waals surface area contributed by atoms with Gasteiger partial charge in [0.2, 0.25) is 0 Å². The molecule has 1 N–H and O–H groups in total. The van der Waals surface area contributed by atoms with Crippen molar-refractivity contribution >= 4 is 34.2 Å². The van der Waals surface area contributed by atoms with Crippen LogP contribution in [0.1, 0.15) is 21.5 Å². The molecule has 0 fully saturated rings. The highest BCUT2D eigenvalue weighted by Crippen LogP contribution is 2.28. The van der Waals surface area contributed by atoms with Crippen LogP contribution in [0.4, 0.5) is 15.8 Å². The minimum atomic E-state index is -0.817. The van der Waals surface area contributed by atoms with Crippen LogP contribution in [0, 0.1) is 29.8 Å². The number of carbonyl (C=O) groups is 2. The molecule has 0 aliphatic carbocycles. The van der Waals surface area contributed by atoms with Crippen LogP contribution < -0.4 is 5.32 Å². The van der Waals surface area contributed by atoms with Crippen LogP contribution in [0.2, 0.25) is 0 Å². The molecule has 35 heavy (non-hydrogen) atoms. The topological polar surface area (TPSA) is 111 Å². The van der Waals surface area contributed by atoms with Gasteiger partial charge in [0, 0.05) is 10.9 Å². The SMILES string of the molecule is Cc1ccc(-c2cc(C(=O)OCC(=O)Nc3ccc(F)cc3[N+](=O)[O-])c3ccccc3n2)c(C)c1. The third kappa shape index (κ3) is 5.14. The Morgan fingerprint density at radius 2 is 1.83 bits per heavy atom.